The lowest BCUT2D eigenvalue weighted by Crippen LogP contribution is -2.09. The second kappa shape index (κ2) is 5.96. The largest absolute Gasteiger partial charge is 0.318 e. The van der Waals surface area contributed by atoms with Crippen LogP contribution in [0.15, 0.2) is 58.7 Å². The average molecular weight is 306 g/mol. The highest BCUT2D eigenvalue weighted by molar-refractivity contribution is 7.16. The molecule has 1 heterocycles. The first kappa shape index (κ1) is 14.2. The van der Waals surface area contributed by atoms with Crippen molar-refractivity contribution in [3.63, 3.8) is 0 Å². The van der Waals surface area contributed by atoms with Gasteiger partial charge in [-0.3, -0.25) is 0 Å². The van der Waals surface area contributed by atoms with Gasteiger partial charge in [0.25, 0.3) is 0 Å². The minimum Gasteiger partial charge on any atom is -0.318 e. The summed E-state index contributed by atoms with van der Waals surface area (Å²) >= 11 is 1.61. The van der Waals surface area contributed by atoms with Gasteiger partial charge in [0.2, 0.25) is 4.80 Å². The van der Waals surface area contributed by atoms with E-state index >= 15 is 0 Å². The van der Waals surface area contributed by atoms with Crippen LogP contribution in [-0.2, 0) is 7.05 Å². The maximum absolute atomic E-state index is 8.82. The molecule has 22 heavy (non-hydrogen) atoms. The number of benzene rings is 2. The predicted octanol–water partition coefficient (Wildman–Crippen LogP) is 3.44. The molecule has 0 bridgehead atoms. The zero-order valence-corrected chi connectivity index (χ0v) is 13.1. The van der Waals surface area contributed by atoms with E-state index in [1.807, 2.05) is 42.8 Å². The molecule has 0 fully saturated rings. The van der Waals surface area contributed by atoms with E-state index in [2.05, 4.69) is 28.4 Å². The minimum atomic E-state index is 0.643. The Morgan fingerprint density at radius 3 is 2.55 bits per heavy atom. The highest BCUT2D eigenvalue weighted by atomic mass is 32.1. The molecule has 0 aliphatic carbocycles. The van der Waals surface area contributed by atoms with Gasteiger partial charge in [0.15, 0.2) is 0 Å². The molecule has 3 aromatic rings. The van der Waals surface area contributed by atoms with Gasteiger partial charge in [-0.2, -0.15) is 10.4 Å². The van der Waals surface area contributed by atoms with E-state index in [4.69, 9.17) is 5.26 Å². The van der Waals surface area contributed by atoms with E-state index in [0.717, 1.165) is 21.6 Å². The van der Waals surface area contributed by atoms with E-state index in [1.54, 1.807) is 23.5 Å². The number of hydrogen-bond acceptors (Lipinski definition) is 4. The Morgan fingerprint density at radius 2 is 1.86 bits per heavy atom. The normalized spacial score (nSPS) is 12.6. The zero-order chi connectivity index (χ0) is 15.5. The lowest BCUT2D eigenvalue weighted by Gasteiger charge is -1.98. The number of aryl methyl sites for hydroxylation is 1. The molecule has 0 N–H and O–H groups in total. The van der Waals surface area contributed by atoms with Crippen LogP contribution in [0.2, 0.25) is 0 Å². The lowest BCUT2D eigenvalue weighted by molar-refractivity contribution is 0.888. The van der Waals surface area contributed by atoms with Crippen molar-refractivity contribution in [1.82, 2.24) is 4.57 Å². The zero-order valence-electron chi connectivity index (χ0n) is 12.3. The van der Waals surface area contributed by atoms with Crippen LogP contribution in [0, 0.1) is 11.3 Å². The van der Waals surface area contributed by atoms with Crippen molar-refractivity contribution in [2.75, 3.05) is 0 Å². The van der Waals surface area contributed by atoms with Crippen molar-refractivity contribution < 1.29 is 0 Å². The molecular formula is C17H14N4S. The first-order chi connectivity index (χ1) is 10.7. The Morgan fingerprint density at radius 1 is 1.14 bits per heavy atom. The topological polar surface area (TPSA) is 53.4 Å². The van der Waals surface area contributed by atoms with Crippen LogP contribution >= 0.6 is 11.3 Å². The predicted molar refractivity (Wildman–Crippen MR) is 89.7 cm³/mol. The van der Waals surface area contributed by atoms with E-state index in [-0.39, 0.29) is 0 Å². The SMILES string of the molecule is C/C(=N\N=c1\sc2ccccc2n1C)c1ccc(C#N)cc1. The van der Waals surface area contributed by atoms with Gasteiger partial charge in [0.05, 0.1) is 27.6 Å². The molecule has 4 nitrogen and oxygen atoms in total. The molecule has 0 radical (unpaired) electrons. The summed E-state index contributed by atoms with van der Waals surface area (Å²) in [6.07, 6.45) is 0. The number of thiazole rings is 1. The van der Waals surface area contributed by atoms with Gasteiger partial charge in [-0.1, -0.05) is 35.6 Å². The fourth-order valence-corrected chi connectivity index (χ4v) is 3.11. The third-order valence-electron chi connectivity index (χ3n) is 3.43. The second-order valence-corrected chi connectivity index (χ2v) is 5.90. The molecule has 2 aromatic carbocycles. The maximum Gasteiger partial charge on any atom is 0.211 e. The third-order valence-corrected chi connectivity index (χ3v) is 4.54. The number of aromatic nitrogens is 1. The van der Waals surface area contributed by atoms with Gasteiger partial charge in [0.1, 0.15) is 0 Å². The first-order valence-corrected chi connectivity index (χ1v) is 7.64. The van der Waals surface area contributed by atoms with Crippen LogP contribution in [0.5, 0.6) is 0 Å². The van der Waals surface area contributed by atoms with Crippen molar-refractivity contribution in [3.05, 3.63) is 64.5 Å². The Hall–Kier alpha value is -2.71. The minimum absolute atomic E-state index is 0.643. The molecule has 3 rings (SSSR count). The average Bonchev–Trinajstić information content (AvgIpc) is 2.89. The van der Waals surface area contributed by atoms with E-state index < -0.39 is 0 Å². The summed E-state index contributed by atoms with van der Waals surface area (Å²) in [6, 6.07) is 17.6. The van der Waals surface area contributed by atoms with Gasteiger partial charge >= 0.3 is 0 Å². The Bertz CT molecular complexity index is 953. The quantitative estimate of drug-likeness (QED) is 0.528. The first-order valence-electron chi connectivity index (χ1n) is 6.82. The molecule has 0 unspecified atom stereocenters. The van der Waals surface area contributed by atoms with Crippen LogP contribution in [0.25, 0.3) is 10.2 Å². The number of rotatable bonds is 2. The fourth-order valence-electron chi connectivity index (χ4n) is 2.14. The molecule has 0 spiro atoms. The summed E-state index contributed by atoms with van der Waals surface area (Å²) in [7, 11) is 1.99. The second-order valence-electron chi connectivity index (χ2n) is 4.89. The van der Waals surface area contributed by atoms with Gasteiger partial charge < -0.3 is 4.57 Å². The molecule has 0 aliphatic rings. The lowest BCUT2D eigenvalue weighted by atomic mass is 10.1. The van der Waals surface area contributed by atoms with Gasteiger partial charge in [-0.15, -0.1) is 5.10 Å². The van der Waals surface area contributed by atoms with E-state index in [0.29, 0.717) is 5.56 Å². The molecule has 0 atom stereocenters. The maximum atomic E-state index is 8.82. The van der Waals surface area contributed by atoms with Crippen LogP contribution < -0.4 is 4.80 Å². The summed E-state index contributed by atoms with van der Waals surface area (Å²) in [4.78, 5) is 0.856. The number of fused-ring (bicyclic) bond motifs is 1. The number of nitrogens with zero attached hydrogens (tertiary/aromatic N) is 4. The molecular weight excluding hydrogens is 292 g/mol. The Kier molecular flexibility index (Phi) is 3.86. The smallest absolute Gasteiger partial charge is 0.211 e. The summed E-state index contributed by atoms with van der Waals surface area (Å²) in [5.41, 5.74) is 3.58. The Labute approximate surface area is 132 Å². The number of para-hydroxylation sites is 1. The van der Waals surface area contributed by atoms with E-state index in [1.165, 1.54) is 4.70 Å². The summed E-state index contributed by atoms with van der Waals surface area (Å²) < 4.78 is 3.23. The Balaban J connectivity index is 1.99. The van der Waals surface area contributed by atoms with Gasteiger partial charge in [-0.05, 0) is 36.8 Å². The van der Waals surface area contributed by atoms with Crippen molar-refractivity contribution in [3.8, 4) is 6.07 Å². The van der Waals surface area contributed by atoms with Gasteiger partial charge in [0, 0.05) is 7.05 Å². The summed E-state index contributed by atoms with van der Waals surface area (Å²) in [6.45, 7) is 1.91. The van der Waals surface area contributed by atoms with Crippen LogP contribution in [-0.4, -0.2) is 10.3 Å². The van der Waals surface area contributed by atoms with Crippen molar-refractivity contribution in [2.45, 2.75) is 6.92 Å². The molecule has 0 saturated heterocycles. The third kappa shape index (κ3) is 2.69. The van der Waals surface area contributed by atoms with Crippen LogP contribution in [0.1, 0.15) is 18.1 Å². The molecule has 5 heteroatoms. The monoisotopic (exact) mass is 306 g/mol. The number of hydrogen-bond donors (Lipinski definition) is 0. The number of nitriles is 1. The molecule has 1 aromatic heterocycles. The summed E-state index contributed by atoms with van der Waals surface area (Å²) in [5.74, 6) is 0. The standard InChI is InChI=1S/C17H14N4S/c1-12(14-9-7-13(11-18)8-10-14)19-20-17-21(2)15-5-3-4-6-16(15)22-17/h3-10H,1-2H3/b19-12+,20-17+. The molecule has 108 valence electrons. The molecule has 0 saturated carbocycles. The summed E-state index contributed by atoms with van der Waals surface area (Å²) in [5, 5.41) is 17.5. The van der Waals surface area contributed by atoms with E-state index in [9.17, 15) is 0 Å². The highest BCUT2D eigenvalue weighted by Gasteiger charge is 2.01. The molecule has 0 amide bonds. The van der Waals surface area contributed by atoms with Crippen molar-refractivity contribution in [2.24, 2.45) is 17.3 Å². The van der Waals surface area contributed by atoms with Crippen LogP contribution in [0.4, 0.5) is 0 Å². The van der Waals surface area contributed by atoms with Crippen LogP contribution in [0.3, 0.4) is 0 Å². The van der Waals surface area contributed by atoms with Crippen molar-refractivity contribution in [1.29, 1.82) is 5.26 Å². The van der Waals surface area contributed by atoms with Gasteiger partial charge in [-0.25, -0.2) is 0 Å². The highest BCUT2D eigenvalue weighted by Crippen LogP contribution is 2.15. The van der Waals surface area contributed by atoms with Crippen molar-refractivity contribution >= 4 is 27.3 Å². The fraction of sp³-hybridized carbons (Fsp3) is 0.118. The molecule has 0 aliphatic heterocycles.